The van der Waals surface area contributed by atoms with Crippen LogP contribution in [0.2, 0.25) is 0 Å². The number of hydrogen-bond acceptors (Lipinski definition) is 4. The molecule has 3 N–H and O–H groups in total. The maximum absolute atomic E-state index is 5.72. The molecule has 18 heavy (non-hydrogen) atoms. The van der Waals surface area contributed by atoms with E-state index < -0.39 is 0 Å². The minimum atomic E-state index is 0.504. The van der Waals surface area contributed by atoms with Crippen molar-refractivity contribution < 1.29 is 0 Å². The van der Waals surface area contributed by atoms with Crippen LogP contribution in [0.15, 0.2) is 18.3 Å². The van der Waals surface area contributed by atoms with Crippen LogP contribution >= 0.6 is 0 Å². The van der Waals surface area contributed by atoms with E-state index in [4.69, 9.17) is 5.73 Å². The molecule has 1 atom stereocenters. The van der Waals surface area contributed by atoms with Crippen LogP contribution in [0.3, 0.4) is 0 Å². The van der Waals surface area contributed by atoms with Crippen molar-refractivity contribution in [2.24, 2.45) is 5.73 Å². The molecule has 2 aromatic heterocycles. The Kier molecular flexibility index (Phi) is 3.25. The number of hydrogen-bond donors (Lipinski definition) is 2. The zero-order valence-corrected chi connectivity index (χ0v) is 10.5. The summed E-state index contributed by atoms with van der Waals surface area (Å²) in [7, 11) is 0. The third-order valence-corrected chi connectivity index (χ3v) is 3.65. The normalized spacial score (nSPS) is 20.4. The Balaban J connectivity index is 1.88. The quantitative estimate of drug-likeness (QED) is 0.842. The van der Waals surface area contributed by atoms with Crippen LogP contribution in [0.1, 0.15) is 30.7 Å². The van der Waals surface area contributed by atoms with Crippen LogP contribution < -0.4 is 11.1 Å². The minimum absolute atomic E-state index is 0.504. The lowest BCUT2D eigenvalue weighted by molar-refractivity contribution is 0.393. The first-order chi connectivity index (χ1) is 8.88. The van der Waals surface area contributed by atoms with Gasteiger partial charge in [0.2, 0.25) is 0 Å². The van der Waals surface area contributed by atoms with Gasteiger partial charge in [0, 0.05) is 30.8 Å². The summed E-state index contributed by atoms with van der Waals surface area (Å²) in [6.07, 6.45) is 6.78. The number of rotatable bonds is 3. The number of aromatic nitrogens is 3. The highest BCUT2D eigenvalue weighted by Gasteiger charge is 2.16. The van der Waals surface area contributed by atoms with Gasteiger partial charge >= 0.3 is 0 Å². The van der Waals surface area contributed by atoms with Gasteiger partial charge in [0.25, 0.3) is 0 Å². The van der Waals surface area contributed by atoms with Gasteiger partial charge < -0.3 is 11.1 Å². The number of nitrogens with zero attached hydrogens (tertiary/aromatic N) is 3. The van der Waals surface area contributed by atoms with Gasteiger partial charge in [-0.25, -0.2) is 0 Å². The summed E-state index contributed by atoms with van der Waals surface area (Å²) in [4.78, 5) is 0. The first-order valence-corrected chi connectivity index (χ1v) is 6.63. The lowest BCUT2D eigenvalue weighted by Crippen LogP contribution is -2.36. The third kappa shape index (κ3) is 2.11. The third-order valence-electron chi connectivity index (χ3n) is 3.65. The van der Waals surface area contributed by atoms with Crippen LogP contribution in [-0.2, 0) is 13.0 Å². The summed E-state index contributed by atoms with van der Waals surface area (Å²) in [5.41, 5.74) is 7.66. The van der Waals surface area contributed by atoms with E-state index in [1.165, 1.54) is 19.3 Å². The van der Waals surface area contributed by atoms with Crippen LogP contribution in [0.25, 0.3) is 5.65 Å². The molecule has 0 bridgehead atoms. The largest absolute Gasteiger partial charge is 0.326 e. The molecule has 0 saturated carbocycles. The first kappa shape index (κ1) is 11.6. The monoisotopic (exact) mass is 245 g/mol. The van der Waals surface area contributed by atoms with Gasteiger partial charge in [-0.05, 0) is 25.5 Å². The van der Waals surface area contributed by atoms with Crippen LogP contribution in [0.5, 0.6) is 0 Å². The van der Waals surface area contributed by atoms with Crippen molar-refractivity contribution in [1.82, 2.24) is 19.9 Å². The second-order valence-corrected chi connectivity index (χ2v) is 4.90. The second-order valence-electron chi connectivity index (χ2n) is 4.90. The molecule has 0 aromatic carbocycles. The Hall–Kier alpha value is -1.46. The molecule has 0 radical (unpaired) electrons. The van der Waals surface area contributed by atoms with Crippen molar-refractivity contribution in [3.05, 3.63) is 29.7 Å². The highest BCUT2D eigenvalue weighted by Crippen LogP contribution is 2.14. The summed E-state index contributed by atoms with van der Waals surface area (Å²) in [6.45, 7) is 1.62. The lowest BCUT2D eigenvalue weighted by Gasteiger charge is -2.22. The number of nitrogens with one attached hydrogen (secondary N) is 1. The van der Waals surface area contributed by atoms with E-state index in [9.17, 15) is 0 Å². The van der Waals surface area contributed by atoms with Crippen molar-refractivity contribution >= 4 is 5.65 Å². The van der Waals surface area contributed by atoms with Crippen molar-refractivity contribution in [2.75, 3.05) is 6.54 Å². The van der Waals surface area contributed by atoms with E-state index in [-0.39, 0.29) is 0 Å². The Morgan fingerprint density at radius 1 is 1.39 bits per heavy atom. The fourth-order valence-electron chi connectivity index (χ4n) is 2.64. The van der Waals surface area contributed by atoms with Crippen LogP contribution in [-0.4, -0.2) is 27.2 Å². The average Bonchev–Trinajstić information content (AvgIpc) is 2.83. The zero-order chi connectivity index (χ0) is 12.4. The molecule has 1 aliphatic rings. The highest BCUT2D eigenvalue weighted by molar-refractivity contribution is 5.47. The fourth-order valence-corrected chi connectivity index (χ4v) is 2.64. The van der Waals surface area contributed by atoms with Gasteiger partial charge in [0.05, 0.1) is 0 Å². The maximum Gasteiger partial charge on any atom is 0.165 e. The van der Waals surface area contributed by atoms with E-state index in [1.54, 1.807) is 0 Å². The Morgan fingerprint density at radius 3 is 3.11 bits per heavy atom. The Labute approximate surface area is 106 Å². The number of piperidine rings is 1. The van der Waals surface area contributed by atoms with Crippen molar-refractivity contribution in [3.8, 4) is 0 Å². The fraction of sp³-hybridized carbons (Fsp3) is 0.538. The van der Waals surface area contributed by atoms with E-state index >= 15 is 0 Å². The smallest absolute Gasteiger partial charge is 0.165 e. The summed E-state index contributed by atoms with van der Waals surface area (Å²) in [6, 6.07) is 4.55. The van der Waals surface area contributed by atoms with Crippen LogP contribution in [0, 0.1) is 0 Å². The van der Waals surface area contributed by atoms with Gasteiger partial charge in [-0.2, -0.15) is 0 Å². The SMILES string of the molecule is NCc1cccn2c(CC3CCCCN3)nnc12. The van der Waals surface area contributed by atoms with Gasteiger partial charge in [-0.3, -0.25) is 4.40 Å². The predicted molar refractivity (Wildman–Crippen MR) is 70.2 cm³/mol. The van der Waals surface area contributed by atoms with Gasteiger partial charge in [-0.1, -0.05) is 12.5 Å². The molecule has 3 heterocycles. The van der Waals surface area contributed by atoms with Gasteiger partial charge in [0.15, 0.2) is 5.65 Å². The molecule has 1 saturated heterocycles. The average molecular weight is 245 g/mol. The van der Waals surface area contributed by atoms with E-state index in [0.29, 0.717) is 12.6 Å². The summed E-state index contributed by atoms with van der Waals surface area (Å²) < 4.78 is 2.07. The molecule has 0 spiro atoms. The molecule has 96 valence electrons. The molecule has 3 rings (SSSR count). The second kappa shape index (κ2) is 5.04. The molecule has 2 aromatic rings. The highest BCUT2D eigenvalue weighted by atomic mass is 15.2. The molecule has 1 aliphatic heterocycles. The molecule has 5 nitrogen and oxygen atoms in total. The van der Waals surface area contributed by atoms with Gasteiger partial charge in [0.1, 0.15) is 5.82 Å². The number of nitrogens with two attached hydrogens (primary N) is 1. The molecule has 1 fully saturated rings. The van der Waals surface area contributed by atoms with E-state index in [0.717, 1.165) is 30.0 Å². The molecular weight excluding hydrogens is 226 g/mol. The van der Waals surface area contributed by atoms with Crippen molar-refractivity contribution in [2.45, 2.75) is 38.3 Å². The molecule has 5 heteroatoms. The first-order valence-electron chi connectivity index (χ1n) is 6.63. The van der Waals surface area contributed by atoms with Crippen molar-refractivity contribution in [3.63, 3.8) is 0 Å². The molecule has 1 unspecified atom stereocenters. The van der Waals surface area contributed by atoms with Gasteiger partial charge in [-0.15, -0.1) is 10.2 Å². The minimum Gasteiger partial charge on any atom is -0.326 e. The summed E-state index contributed by atoms with van der Waals surface area (Å²) in [5, 5.41) is 12.1. The summed E-state index contributed by atoms with van der Waals surface area (Å²) >= 11 is 0. The Morgan fingerprint density at radius 2 is 2.33 bits per heavy atom. The van der Waals surface area contributed by atoms with E-state index in [1.807, 2.05) is 18.3 Å². The standard InChI is InChI=1S/C13H19N5/c14-9-10-4-3-7-18-12(16-17-13(10)18)8-11-5-1-2-6-15-11/h3-4,7,11,15H,1-2,5-6,8-9,14H2. The van der Waals surface area contributed by atoms with Crippen molar-refractivity contribution in [1.29, 1.82) is 0 Å². The lowest BCUT2D eigenvalue weighted by atomic mass is 10.0. The topological polar surface area (TPSA) is 68.2 Å². The predicted octanol–water partition coefficient (Wildman–Crippen LogP) is 0.873. The zero-order valence-electron chi connectivity index (χ0n) is 10.5. The van der Waals surface area contributed by atoms with Crippen LogP contribution in [0.4, 0.5) is 0 Å². The number of pyridine rings is 1. The molecule has 0 amide bonds. The summed E-state index contributed by atoms with van der Waals surface area (Å²) in [5.74, 6) is 1.03. The maximum atomic E-state index is 5.72. The Bertz CT molecular complexity index is 527. The molecular formula is C13H19N5. The number of fused-ring (bicyclic) bond motifs is 1. The molecule has 0 aliphatic carbocycles. The van der Waals surface area contributed by atoms with E-state index in [2.05, 4.69) is 19.9 Å².